The van der Waals surface area contributed by atoms with E-state index in [2.05, 4.69) is 4.98 Å². The molecule has 5 rings (SSSR count). The van der Waals surface area contributed by atoms with Crippen LogP contribution in [0.1, 0.15) is 29.8 Å². The number of hydrogen-bond acceptors (Lipinski definition) is 6. The molecule has 0 unspecified atom stereocenters. The summed E-state index contributed by atoms with van der Waals surface area (Å²) in [6.07, 6.45) is 2.44. The van der Waals surface area contributed by atoms with E-state index < -0.39 is 11.4 Å². The summed E-state index contributed by atoms with van der Waals surface area (Å²) in [6.45, 7) is 0.993. The standard InChI is InChI=1S/C19H18N2O5S/c22-17(21-7-12-2-1-5-19(12,9-21)18(23)24)13-8-27-16(20-13)11-3-4-14-15(6-11)26-10-25-14/h3-4,6,8,12H,1-2,5,7,9-10H2,(H,23,24)/t12-,19+/m0/s1. The second-order valence-corrected chi connectivity index (χ2v) is 8.20. The normalized spacial score (nSPS) is 25.6. The lowest BCUT2D eigenvalue weighted by atomic mass is 9.81. The van der Waals surface area contributed by atoms with E-state index in [-0.39, 0.29) is 25.2 Å². The van der Waals surface area contributed by atoms with Gasteiger partial charge in [-0.25, -0.2) is 4.98 Å². The molecule has 0 spiro atoms. The van der Waals surface area contributed by atoms with Crippen LogP contribution < -0.4 is 9.47 Å². The predicted octanol–water partition coefficient (Wildman–Crippen LogP) is 2.87. The number of nitrogens with zero attached hydrogens (tertiary/aromatic N) is 2. The Morgan fingerprint density at radius 3 is 2.96 bits per heavy atom. The predicted molar refractivity (Wildman–Crippen MR) is 97.0 cm³/mol. The average Bonchev–Trinajstić information content (AvgIpc) is 3.42. The first-order valence-electron chi connectivity index (χ1n) is 8.95. The SMILES string of the molecule is O=C(c1csc(-c2ccc3c(c2)OCO3)n1)N1C[C@@H]2CCC[C@@]2(C(=O)O)C1. The first-order chi connectivity index (χ1) is 13.1. The van der Waals surface area contributed by atoms with Gasteiger partial charge in [0, 0.05) is 24.0 Å². The van der Waals surface area contributed by atoms with Crippen molar-refractivity contribution in [2.24, 2.45) is 11.3 Å². The van der Waals surface area contributed by atoms with Crippen molar-refractivity contribution in [2.45, 2.75) is 19.3 Å². The van der Waals surface area contributed by atoms with Crippen LogP contribution in [0.3, 0.4) is 0 Å². The zero-order valence-corrected chi connectivity index (χ0v) is 15.3. The number of benzene rings is 1. The van der Waals surface area contributed by atoms with E-state index in [9.17, 15) is 14.7 Å². The van der Waals surface area contributed by atoms with E-state index >= 15 is 0 Å². The van der Waals surface area contributed by atoms with Gasteiger partial charge in [0.05, 0.1) is 5.41 Å². The van der Waals surface area contributed by atoms with Crippen molar-refractivity contribution in [3.8, 4) is 22.1 Å². The van der Waals surface area contributed by atoms with E-state index in [1.807, 2.05) is 18.2 Å². The molecular formula is C19H18N2O5S. The van der Waals surface area contributed by atoms with Crippen LogP contribution in [0.15, 0.2) is 23.6 Å². The van der Waals surface area contributed by atoms with Crippen molar-refractivity contribution in [1.29, 1.82) is 0 Å². The average molecular weight is 386 g/mol. The zero-order valence-electron chi connectivity index (χ0n) is 14.5. The number of carboxylic acids is 1. The summed E-state index contributed by atoms with van der Waals surface area (Å²) in [5.41, 5.74) is 0.461. The topological polar surface area (TPSA) is 89.0 Å². The summed E-state index contributed by atoms with van der Waals surface area (Å²) in [6, 6.07) is 5.58. The van der Waals surface area contributed by atoms with Gasteiger partial charge in [0.2, 0.25) is 6.79 Å². The second kappa shape index (κ2) is 5.95. The number of aromatic nitrogens is 1. The van der Waals surface area contributed by atoms with E-state index in [1.54, 1.807) is 10.3 Å². The molecule has 1 aromatic carbocycles. The molecule has 3 heterocycles. The first kappa shape index (κ1) is 16.6. The maximum Gasteiger partial charge on any atom is 0.311 e. The van der Waals surface area contributed by atoms with Gasteiger partial charge in [-0.1, -0.05) is 6.42 Å². The third-order valence-corrected chi connectivity index (χ3v) is 6.82. The monoisotopic (exact) mass is 386 g/mol. The van der Waals surface area contributed by atoms with Crippen molar-refractivity contribution in [1.82, 2.24) is 9.88 Å². The van der Waals surface area contributed by atoms with Crippen LogP contribution >= 0.6 is 11.3 Å². The van der Waals surface area contributed by atoms with Gasteiger partial charge < -0.3 is 19.5 Å². The third-order valence-electron chi connectivity index (χ3n) is 5.93. The Hall–Kier alpha value is -2.61. The molecular weight excluding hydrogens is 368 g/mol. The number of aliphatic carboxylic acids is 1. The van der Waals surface area contributed by atoms with Gasteiger partial charge in [0.1, 0.15) is 10.7 Å². The van der Waals surface area contributed by atoms with Crippen LogP contribution in [0.5, 0.6) is 11.5 Å². The smallest absolute Gasteiger partial charge is 0.311 e. The second-order valence-electron chi connectivity index (χ2n) is 7.34. The van der Waals surface area contributed by atoms with Gasteiger partial charge >= 0.3 is 5.97 Å². The summed E-state index contributed by atoms with van der Waals surface area (Å²) >= 11 is 1.39. The van der Waals surface area contributed by atoms with Crippen molar-refractivity contribution in [3.63, 3.8) is 0 Å². The van der Waals surface area contributed by atoms with Crippen molar-refractivity contribution < 1.29 is 24.2 Å². The van der Waals surface area contributed by atoms with Crippen LogP contribution in [-0.4, -0.2) is 46.7 Å². The summed E-state index contributed by atoms with van der Waals surface area (Å²) in [4.78, 5) is 30.9. The van der Waals surface area contributed by atoms with Gasteiger partial charge in [-0.15, -0.1) is 11.3 Å². The number of rotatable bonds is 3. The largest absolute Gasteiger partial charge is 0.481 e. The van der Waals surface area contributed by atoms with E-state index in [0.29, 0.717) is 30.2 Å². The van der Waals surface area contributed by atoms with E-state index in [1.165, 1.54) is 11.3 Å². The minimum absolute atomic E-state index is 0.0471. The fourth-order valence-electron chi connectivity index (χ4n) is 4.49. The number of likely N-dealkylation sites (tertiary alicyclic amines) is 1. The minimum atomic E-state index is -0.778. The molecule has 1 saturated carbocycles. The molecule has 27 heavy (non-hydrogen) atoms. The van der Waals surface area contributed by atoms with Gasteiger partial charge in [-0.3, -0.25) is 9.59 Å². The third kappa shape index (κ3) is 2.50. The number of thiazole rings is 1. The lowest BCUT2D eigenvalue weighted by molar-refractivity contribution is -0.149. The maximum atomic E-state index is 12.9. The fraction of sp³-hybridized carbons (Fsp3) is 0.421. The molecule has 2 atom stereocenters. The molecule has 2 fully saturated rings. The number of carboxylic acid groups (broad SMARTS) is 1. The molecule has 2 aliphatic heterocycles. The fourth-order valence-corrected chi connectivity index (χ4v) is 5.28. The number of hydrogen-bond donors (Lipinski definition) is 1. The molecule has 1 aliphatic carbocycles. The molecule has 2 aromatic rings. The highest BCUT2D eigenvalue weighted by Gasteiger charge is 2.56. The molecule has 1 N–H and O–H groups in total. The molecule has 0 bridgehead atoms. The maximum absolute atomic E-state index is 12.9. The first-order valence-corrected chi connectivity index (χ1v) is 9.83. The number of fused-ring (bicyclic) bond motifs is 2. The Morgan fingerprint density at radius 2 is 2.15 bits per heavy atom. The van der Waals surface area contributed by atoms with Crippen LogP contribution in [-0.2, 0) is 4.79 Å². The molecule has 0 radical (unpaired) electrons. The molecule has 140 valence electrons. The van der Waals surface area contributed by atoms with Crippen molar-refractivity contribution in [3.05, 3.63) is 29.3 Å². The Balaban J connectivity index is 1.37. The van der Waals surface area contributed by atoms with E-state index in [4.69, 9.17) is 9.47 Å². The van der Waals surface area contributed by atoms with Crippen molar-refractivity contribution >= 4 is 23.2 Å². The highest BCUT2D eigenvalue weighted by molar-refractivity contribution is 7.13. The summed E-state index contributed by atoms with van der Waals surface area (Å²) in [5, 5.41) is 12.2. The van der Waals surface area contributed by atoms with Gasteiger partial charge in [0.25, 0.3) is 5.91 Å². The number of carbonyl (C=O) groups excluding carboxylic acids is 1. The lowest BCUT2D eigenvalue weighted by Gasteiger charge is -2.23. The highest BCUT2D eigenvalue weighted by Crippen LogP contribution is 2.49. The highest BCUT2D eigenvalue weighted by atomic mass is 32.1. The quantitative estimate of drug-likeness (QED) is 0.873. The van der Waals surface area contributed by atoms with Crippen LogP contribution in [0.2, 0.25) is 0 Å². The lowest BCUT2D eigenvalue weighted by Crippen LogP contribution is -2.37. The van der Waals surface area contributed by atoms with Crippen molar-refractivity contribution in [2.75, 3.05) is 19.9 Å². The Morgan fingerprint density at radius 1 is 1.30 bits per heavy atom. The molecule has 7 nitrogen and oxygen atoms in total. The van der Waals surface area contributed by atoms with Crippen LogP contribution in [0.4, 0.5) is 0 Å². The number of ether oxygens (including phenoxy) is 2. The molecule has 3 aliphatic rings. The minimum Gasteiger partial charge on any atom is -0.481 e. The summed E-state index contributed by atoms with van der Waals surface area (Å²) < 4.78 is 10.7. The van der Waals surface area contributed by atoms with Gasteiger partial charge in [-0.05, 0) is 37.0 Å². The summed E-state index contributed by atoms with van der Waals surface area (Å²) in [7, 11) is 0. The van der Waals surface area contributed by atoms with Gasteiger partial charge in [0.15, 0.2) is 11.5 Å². The molecule has 8 heteroatoms. The molecule has 1 aromatic heterocycles. The Labute approximate surface area is 159 Å². The molecule has 1 saturated heterocycles. The zero-order chi connectivity index (χ0) is 18.6. The van der Waals surface area contributed by atoms with Crippen LogP contribution in [0.25, 0.3) is 10.6 Å². The summed E-state index contributed by atoms with van der Waals surface area (Å²) in [5.74, 6) is 0.458. The van der Waals surface area contributed by atoms with E-state index in [0.717, 1.165) is 23.4 Å². The number of carbonyl (C=O) groups is 2. The van der Waals surface area contributed by atoms with Gasteiger partial charge in [-0.2, -0.15) is 0 Å². The molecule has 1 amide bonds. The Kier molecular flexibility index (Phi) is 3.65. The van der Waals surface area contributed by atoms with Crippen LogP contribution in [0, 0.1) is 11.3 Å². The number of amides is 1. The Bertz CT molecular complexity index is 942.